The molecule has 0 radical (unpaired) electrons. The van der Waals surface area contributed by atoms with E-state index in [9.17, 15) is 27.6 Å². The van der Waals surface area contributed by atoms with Crippen LogP contribution in [0.25, 0.3) is 0 Å². The second-order valence-electron chi connectivity index (χ2n) is 6.78. The van der Waals surface area contributed by atoms with Crippen molar-refractivity contribution in [2.24, 2.45) is 0 Å². The van der Waals surface area contributed by atoms with Gasteiger partial charge in [-0.15, -0.1) is 0 Å². The maximum Gasteiger partial charge on any atom is 0.416 e. The van der Waals surface area contributed by atoms with Gasteiger partial charge in [-0.25, -0.2) is 4.68 Å². The first-order valence-corrected chi connectivity index (χ1v) is 9.53. The van der Waals surface area contributed by atoms with E-state index in [1.807, 2.05) is 6.92 Å². The first kappa shape index (κ1) is 23.0. The van der Waals surface area contributed by atoms with Gasteiger partial charge in [0.05, 0.1) is 16.3 Å². The first-order valence-electron chi connectivity index (χ1n) is 9.16. The fraction of sp³-hybridized carbons (Fsp3) is 0.143. The molecule has 1 aromatic heterocycles. The molecule has 1 heterocycles. The topological polar surface area (TPSA) is 93.1 Å². The third-order valence-electron chi connectivity index (χ3n) is 4.27. The second-order valence-corrected chi connectivity index (χ2v) is 7.18. The molecule has 0 aliphatic carbocycles. The Morgan fingerprint density at radius 2 is 1.72 bits per heavy atom. The zero-order chi connectivity index (χ0) is 23.5. The minimum Gasteiger partial charge on any atom is -0.323 e. The third kappa shape index (κ3) is 5.73. The molecule has 2 aromatic carbocycles. The molecule has 3 rings (SSSR count). The highest BCUT2D eigenvalue weighted by Crippen LogP contribution is 2.33. The molecular weight excluding hydrogens is 449 g/mol. The molecule has 0 aliphatic heterocycles. The Morgan fingerprint density at radius 1 is 1.03 bits per heavy atom. The standard InChI is InChI=1S/C21H16ClF3N4O3/c1-12-2-5-14(6-3-12)26-20(32)16-8-9-19(31)29(28-16)11-18(30)27-17-10-13(21(23,24)25)4-7-15(17)22/h2-10H,11H2,1H3,(H,26,32)(H,27,30). The number of aromatic nitrogens is 2. The van der Waals surface area contributed by atoms with Gasteiger partial charge in [0, 0.05) is 11.8 Å². The van der Waals surface area contributed by atoms with E-state index in [1.165, 1.54) is 6.07 Å². The number of carbonyl (C=O) groups excluding carboxylic acids is 2. The van der Waals surface area contributed by atoms with Crippen LogP contribution in [0.3, 0.4) is 0 Å². The van der Waals surface area contributed by atoms with Crippen molar-refractivity contribution in [1.29, 1.82) is 0 Å². The number of halogens is 4. The fourth-order valence-corrected chi connectivity index (χ4v) is 2.80. The van der Waals surface area contributed by atoms with Crippen molar-refractivity contribution in [2.75, 3.05) is 10.6 Å². The molecule has 0 spiro atoms. The van der Waals surface area contributed by atoms with Crippen molar-refractivity contribution >= 4 is 34.8 Å². The van der Waals surface area contributed by atoms with Crippen LogP contribution in [-0.2, 0) is 17.5 Å². The SMILES string of the molecule is Cc1ccc(NC(=O)c2ccc(=O)n(CC(=O)Nc3cc(C(F)(F)F)ccc3Cl)n2)cc1. The lowest BCUT2D eigenvalue weighted by atomic mass is 10.2. The second kappa shape index (κ2) is 9.23. The van der Waals surface area contributed by atoms with E-state index in [4.69, 9.17) is 11.6 Å². The summed E-state index contributed by atoms with van der Waals surface area (Å²) in [5.41, 5.74) is -0.564. The lowest BCUT2D eigenvalue weighted by Gasteiger charge is -2.12. The smallest absolute Gasteiger partial charge is 0.323 e. The predicted octanol–water partition coefficient (Wildman–Crippen LogP) is 4.11. The average molecular weight is 465 g/mol. The molecule has 11 heteroatoms. The minimum atomic E-state index is -4.62. The number of benzene rings is 2. The number of hydrogen-bond acceptors (Lipinski definition) is 4. The summed E-state index contributed by atoms with van der Waals surface area (Å²) in [6.07, 6.45) is -4.62. The van der Waals surface area contributed by atoms with Crippen molar-refractivity contribution in [1.82, 2.24) is 9.78 Å². The molecular formula is C21H16ClF3N4O3. The van der Waals surface area contributed by atoms with E-state index >= 15 is 0 Å². The molecule has 32 heavy (non-hydrogen) atoms. The minimum absolute atomic E-state index is 0.113. The number of anilines is 2. The Balaban J connectivity index is 1.75. The van der Waals surface area contributed by atoms with E-state index in [0.717, 1.165) is 28.4 Å². The van der Waals surface area contributed by atoms with Crippen molar-refractivity contribution < 1.29 is 22.8 Å². The Bertz CT molecular complexity index is 1220. The predicted molar refractivity (Wildman–Crippen MR) is 113 cm³/mol. The number of carbonyl (C=O) groups is 2. The van der Waals surface area contributed by atoms with Crippen LogP contribution in [-0.4, -0.2) is 21.6 Å². The molecule has 0 fully saturated rings. The summed E-state index contributed by atoms with van der Waals surface area (Å²) in [4.78, 5) is 36.7. The number of nitrogens with one attached hydrogen (secondary N) is 2. The number of rotatable bonds is 5. The van der Waals surface area contributed by atoms with Gasteiger partial charge in [-0.1, -0.05) is 29.3 Å². The number of hydrogen-bond donors (Lipinski definition) is 2. The van der Waals surface area contributed by atoms with Crippen LogP contribution in [0.4, 0.5) is 24.5 Å². The summed E-state index contributed by atoms with van der Waals surface area (Å²) in [5.74, 6) is -1.46. The molecule has 2 amide bonds. The van der Waals surface area contributed by atoms with Crippen molar-refractivity contribution in [3.63, 3.8) is 0 Å². The van der Waals surface area contributed by atoms with Gasteiger partial charge in [0.15, 0.2) is 0 Å². The summed E-state index contributed by atoms with van der Waals surface area (Å²) in [7, 11) is 0. The molecule has 0 saturated carbocycles. The average Bonchev–Trinajstić information content (AvgIpc) is 2.72. The molecule has 166 valence electrons. The quantitative estimate of drug-likeness (QED) is 0.594. The Morgan fingerprint density at radius 3 is 2.38 bits per heavy atom. The number of aryl methyl sites for hydroxylation is 1. The third-order valence-corrected chi connectivity index (χ3v) is 4.60. The number of nitrogens with zero attached hydrogens (tertiary/aromatic N) is 2. The number of alkyl halides is 3. The van der Waals surface area contributed by atoms with Gasteiger partial charge in [0.2, 0.25) is 5.91 Å². The van der Waals surface area contributed by atoms with Gasteiger partial charge in [-0.05, 0) is 43.3 Å². The largest absolute Gasteiger partial charge is 0.416 e. The fourth-order valence-electron chi connectivity index (χ4n) is 2.64. The lowest BCUT2D eigenvalue weighted by Crippen LogP contribution is -2.31. The lowest BCUT2D eigenvalue weighted by molar-refractivity contribution is -0.137. The van der Waals surface area contributed by atoms with E-state index in [1.54, 1.807) is 24.3 Å². The van der Waals surface area contributed by atoms with Crippen LogP contribution in [0.1, 0.15) is 21.6 Å². The highest BCUT2D eigenvalue weighted by atomic mass is 35.5. The van der Waals surface area contributed by atoms with Crippen molar-refractivity contribution in [2.45, 2.75) is 19.6 Å². The molecule has 0 bridgehead atoms. The van der Waals surface area contributed by atoms with Crippen LogP contribution in [0, 0.1) is 6.92 Å². The van der Waals surface area contributed by atoms with Crippen LogP contribution in [0.2, 0.25) is 5.02 Å². The zero-order valence-electron chi connectivity index (χ0n) is 16.5. The molecule has 7 nitrogen and oxygen atoms in total. The normalized spacial score (nSPS) is 11.2. The Hall–Kier alpha value is -3.66. The highest BCUT2D eigenvalue weighted by molar-refractivity contribution is 6.33. The molecule has 0 saturated heterocycles. The van der Waals surface area contributed by atoms with Crippen molar-refractivity contribution in [3.8, 4) is 0 Å². The first-order chi connectivity index (χ1) is 15.0. The Labute approximate surface area is 184 Å². The monoisotopic (exact) mass is 464 g/mol. The van der Waals surface area contributed by atoms with Crippen LogP contribution < -0.4 is 16.2 Å². The van der Waals surface area contributed by atoms with Gasteiger partial charge in [0.1, 0.15) is 12.2 Å². The van der Waals surface area contributed by atoms with E-state index in [2.05, 4.69) is 15.7 Å². The van der Waals surface area contributed by atoms with E-state index < -0.39 is 35.7 Å². The Kier molecular flexibility index (Phi) is 6.64. The molecule has 3 aromatic rings. The molecule has 0 atom stereocenters. The summed E-state index contributed by atoms with van der Waals surface area (Å²) >= 11 is 5.86. The molecule has 0 unspecified atom stereocenters. The van der Waals surface area contributed by atoms with Gasteiger partial charge >= 0.3 is 6.18 Å². The van der Waals surface area contributed by atoms with E-state index in [0.29, 0.717) is 11.8 Å². The van der Waals surface area contributed by atoms with Crippen LogP contribution >= 0.6 is 11.6 Å². The van der Waals surface area contributed by atoms with Gasteiger partial charge in [0.25, 0.3) is 11.5 Å². The summed E-state index contributed by atoms with van der Waals surface area (Å²) < 4.78 is 39.4. The zero-order valence-corrected chi connectivity index (χ0v) is 17.3. The van der Waals surface area contributed by atoms with Gasteiger partial charge in [-0.3, -0.25) is 14.4 Å². The van der Waals surface area contributed by atoms with Crippen LogP contribution in [0.5, 0.6) is 0 Å². The summed E-state index contributed by atoms with van der Waals surface area (Å²) in [5, 5.41) is 8.58. The summed E-state index contributed by atoms with van der Waals surface area (Å²) in [6, 6.07) is 11.7. The van der Waals surface area contributed by atoms with Crippen molar-refractivity contribution in [3.05, 3.63) is 86.8 Å². The van der Waals surface area contributed by atoms with E-state index in [-0.39, 0.29) is 16.4 Å². The molecule has 0 aliphatic rings. The maximum absolute atomic E-state index is 12.9. The molecule has 2 N–H and O–H groups in total. The van der Waals surface area contributed by atoms with Crippen LogP contribution in [0.15, 0.2) is 59.4 Å². The van der Waals surface area contributed by atoms with Gasteiger partial charge in [-0.2, -0.15) is 18.3 Å². The van der Waals surface area contributed by atoms with Gasteiger partial charge < -0.3 is 10.6 Å². The number of amides is 2. The highest BCUT2D eigenvalue weighted by Gasteiger charge is 2.31. The maximum atomic E-state index is 12.9. The summed E-state index contributed by atoms with van der Waals surface area (Å²) in [6.45, 7) is 1.25.